The maximum Gasteiger partial charge on any atom is 0.243 e. The van der Waals surface area contributed by atoms with Crippen molar-refractivity contribution >= 4 is 21.6 Å². The topological polar surface area (TPSA) is 102 Å². The highest BCUT2D eigenvalue weighted by Crippen LogP contribution is 2.33. The van der Waals surface area contributed by atoms with Gasteiger partial charge in [-0.25, -0.2) is 18.4 Å². The lowest BCUT2D eigenvalue weighted by Gasteiger charge is -2.36. The van der Waals surface area contributed by atoms with Crippen LogP contribution < -0.4 is 0 Å². The van der Waals surface area contributed by atoms with Gasteiger partial charge in [0.1, 0.15) is 0 Å². The van der Waals surface area contributed by atoms with E-state index in [1.807, 2.05) is 0 Å². The number of nitrogens with zero attached hydrogens (tertiary/aromatic N) is 5. The Labute approximate surface area is 154 Å². The molecule has 0 bridgehead atoms. The molecule has 1 aliphatic heterocycles. The summed E-state index contributed by atoms with van der Waals surface area (Å²) in [7, 11) is -3.61. The van der Waals surface area contributed by atoms with Crippen molar-refractivity contribution < 1.29 is 12.9 Å². The Morgan fingerprint density at radius 2 is 1.92 bits per heavy atom. The van der Waals surface area contributed by atoms with Gasteiger partial charge in [-0.15, -0.1) is 0 Å². The number of hydrogen-bond donors (Lipinski definition) is 0. The van der Waals surface area contributed by atoms with Crippen LogP contribution >= 0.6 is 11.6 Å². The van der Waals surface area contributed by atoms with Gasteiger partial charge in [-0.05, 0) is 30.7 Å². The van der Waals surface area contributed by atoms with Crippen molar-refractivity contribution in [2.45, 2.75) is 17.7 Å². The molecule has 26 heavy (non-hydrogen) atoms. The highest BCUT2D eigenvalue weighted by atomic mass is 35.5. The Morgan fingerprint density at radius 1 is 1.19 bits per heavy atom. The van der Waals surface area contributed by atoms with Crippen LogP contribution in [-0.4, -0.2) is 45.9 Å². The van der Waals surface area contributed by atoms with E-state index in [0.29, 0.717) is 22.3 Å². The molecule has 0 N–H and O–H groups in total. The first kappa shape index (κ1) is 17.1. The molecule has 10 heteroatoms. The Kier molecular flexibility index (Phi) is 4.22. The molecule has 0 unspecified atom stereocenters. The lowest BCUT2D eigenvalue weighted by molar-refractivity contribution is 0.216. The Balaban J connectivity index is 1.50. The number of hydrogen-bond acceptors (Lipinski definition) is 7. The molecule has 8 nitrogen and oxygen atoms in total. The Morgan fingerprint density at radius 3 is 2.65 bits per heavy atom. The molecule has 1 saturated heterocycles. The van der Waals surface area contributed by atoms with Crippen LogP contribution in [0, 0.1) is 6.92 Å². The number of halogens is 1. The minimum Gasteiger partial charge on any atom is -0.338 e. The lowest BCUT2D eigenvalue weighted by atomic mass is 10.0. The highest BCUT2D eigenvalue weighted by molar-refractivity contribution is 7.89. The van der Waals surface area contributed by atoms with Gasteiger partial charge >= 0.3 is 0 Å². The van der Waals surface area contributed by atoms with E-state index in [9.17, 15) is 8.42 Å². The van der Waals surface area contributed by atoms with Crippen LogP contribution in [0.4, 0.5) is 0 Å². The zero-order valence-electron chi connectivity index (χ0n) is 13.7. The van der Waals surface area contributed by atoms with Crippen LogP contribution in [0.25, 0.3) is 11.6 Å². The van der Waals surface area contributed by atoms with Crippen LogP contribution in [0.2, 0.25) is 5.02 Å². The molecule has 1 aromatic carbocycles. The molecule has 3 heterocycles. The van der Waals surface area contributed by atoms with E-state index in [0.717, 1.165) is 0 Å². The van der Waals surface area contributed by atoms with Crippen molar-refractivity contribution in [2.24, 2.45) is 0 Å². The third kappa shape index (κ3) is 2.98. The number of aryl methyl sites for hydroxylation is 1. The average molecular weight is 392 g/mol. The second-order valence-electron chi connectivity index (χ2n) is 5.96. The summed E-state index contributed by atoms with van der Waals surface area (Å²) in [5.41, 5.74) is 0.652. The number of benzene rings is 1. The fourth-order valence-electron chi connectivity index (χ4n) is 2.69. The summed E-state index contributed by atoms with van der Waals surface area (Å²) in [4.78, 5) is 12.6. The summed E-state index contributed by atoms with van der Waals surface area (Å²) in [5, 5.41) is 4.25. The van der Waals surface area contributed by atoms with E-state index >= 15 is 0 Å². The summed E-state index contributed by atoms with van der Waals surface area (Å²) in [5.74, 6) is 0.865. The van der Waals surface area contributed by atoms with E-state index in [1.165, 1.54) is 10.4 Å². The second-order valence-corrected chi connectivity index (χ2v) is 8.30. The maximum absolute atomic E-state index is 12.8. The molecule has 3 aromatic rings. The van der Waals surface area contributed by atoms with Gasteiger partial charge in [0.25, 0.3) is 0 Å². The van der Waals surface area contributed by atoms with Gasteiger partial charge in [0.05, 0.1) is 10.8 Å². The number of rotatable bonds is 4. The fourth-order valence-corrected chi connectivity index (χ4v) is 4.71. The van der Waals surface area contributed by atoms with Crippen molar-refractivity contribution in [3.05, 3.63) is 53.1 Å². The molecule has 0 amide bonds. The van der Waals surface area contributed by atoms with E-state index in [-0.39, 0.29) is 29.7 Å². The summed E-state index contributed by atoms with van der Waals surface area (Å²) in [6.45, 7) is 2.28. The molecule has 0 radical (unpaired) electrons. The Bertz CT molecular complexity index is 1050. The highest BCUT2D eigenvalue weighted by Gasteiger charge is 2.41. The largest absolute Gasteiger partial charge is 0.338 e. The van der Waals surface area contributed by atoms with Crippen LogP contribution in [0.1, 0.15) is 17.4 Å². The molecule has 0 spiro atoms. The van der Waals surface area contributed by atoms with Gasteiger partial charge in [-0.1, -0.05) is 22.8 Å². The summed E-state index contributed by atoms with van der Waals surface area (Å²) in [6, 6.07) is 6.52. The first-order chi connectivity index (χ1) is 12.4. The monoisotopic (exact) mass is 391 g/mol. The summed E-state index contributed by atoms with van der Waals surface area (Å²) >= 11 is 5.95. The number of sulfonamides is 1. The van der Waals surface area contributed by atoms with Crippen LogP contribution in [0.15, 0.2) is 46.1 Å². The molecule has 0 saturated carbocycles. The predicted octanol–water partition coefficient (Wildman–Crippen LogP) is 2.28. The first-order valence-electron chi connectivity index (χ1n) is 7.82. The van der Waals surface area contributed by atoms with Gasteiger partial charge in [-0.3, -0.25) is 0 Å². The number of aromatic nitrogens is 4. The van der Waals surface area contributed by atoms with Crippen molar-refractivity contribution in [3.8, 4) is 11.6 Å². The van der Waals surface area contributed by atoms with Crippen molar-refractivity contribution in [1.82, 2.24) is 24.4 Å². The molecular weight excluding hydrogens is 378 g/mol. The standard InChI is InChI=1S/C16H14ClN5O3S/c1-10-3-4-12(17)7-13(10)26(23,24)22-8-11(9-22)16-20-15(21-25-16)14-18-5-2-6-19-14/h2-7,11H,8-9H2,1H3. The normalized spacial score (nSPS) is 15.8. The first-order valence-corrected chi connectivity index (χ1v) is 9.64. The SMILES string of the molecule is Cc1ccc(Cl)cc1S(=O)(=O)N1CC(c2nc(-c3ncccn3)no2)C1. The molecule has 2 aromatic heterocycles. The zero-order chi connectivity index (χ0) is 18.3. The van der Waals surface area contributed by atoms with Gasteiger partial charge in [0, 0.05) is 30.5 Å². The third-order valence-corrected chi connectivity index (χ3v) is 6.38. The molecule has 0 atom stereocenters. The second kappa shape index (κ2) is 6.42. The molecule has 4 rings (SSSR count). The van der Waals surface area contributed by atoms with Crippen LogP contribution in [-0.2, 0) is 10.0 Å². The van der Waals surface area contributed by atoms with Crippen LogP contribution in [0.3, 0.4) is 0 Å². The van der Waals surface area contributed by atoms with E-state index in [1.54, 1.807) is 37.5 Å². The quantitative estimate of drug-likeness (QED) is 0.672. The van der Waals surface area contributed by atoms with Crippen LogP contribution in [0.5, 0.6) is 0 Å². The minimum absolute atomic E-state index is 0.158. The molecule has 1 fully saturated rings. The maximum atomic E-state index is 12.8. The van der Waals surface area contributed by atoms with E-state index < -0.39 is 10.0 Å². The molecule has 134 valence electrons. The average Bonchev–Trinajstić information content (AvgIpc) is 3.06. The summed E-state index contributed by atoms with van der Waals surface area (Å²) in [6.07, 6.45) is 3.17. The molecular formula is C16H14ClN5O3S. The fraction of sp³-hybridized carbons (Fsp3) is 0.250. The van der Waals surface area contributed by atoms with E-state index in [2.05, 4.69) is 20.1 Å². The van der Waals surface area contributed by atoms with Gasteiger partial charge in [0.15, 0.2) is 0 Å². The summed E-state index contributed by atoms with van der Waals surface area (Å²) < 4.78 is 32.2. The van der Waals surface area contributed by atoms with E-state index in [4.69, 9.17) is 16.1 Å². The molecule has 0 aliphatic carbocycles. The van der Waals surface area contributed by atoms with Crippen molar-refractivity contribution in [3.63, 3.8) is 0 Å². The Hall–Kier alpha value is -2.36. The molecule has 1 aliphatic rings. The third-order valence-electron chi connectivity index (χ3n) is 4.17. The van der Waals surface area contributed by atoms with Gasteiger partial charge in [0.2, 0.25) is 27.6 Å². The van der Waals surface area contributed by atoms with Crippen molar-refractivity contribution in [2.75, 3.05) is 13.1 Å². The van der Waals surface area contributed by atoms with Gasteiger partial charge in [-0.2, -0.15) is 9.29 Å². The van der Waals surface area contributed by atoms with Gasteiger partial charge < -0.3 is 4.52 Å². The van der Waals surface area contributed by atoms with Crippen molar-refractivity contribution in [1.29, 1.82) is 0 Å². The predicted molar refractivity (Wildman–Crippen MR) is 93.0 cm³/mol. The zero-order valence-corrected chi connectivity index (χ0v) is 15.3. The smallest absolute Gasteiger partial charge is 0.243 e. The lowest BCUT2D eigenvalue weighted by Crippen LogP contribution is -2.48. The minimum atomic E-state index is -3.61.